The maximum atomic E-state index is 4.06. The van der Waals surface area contributed by atoms with Gasteiger partial charge in [-0.15, -0.1) is 10.2 Å². The highest BCUT2D eigenvalue weighted by atomic mass is 32.2. The Labute approximate surface area is 74.8 Å². The van der Waals surface area contributed by atoms with Crippen molar-refractivity contribution >= 4 is 17.4 Å². The van der Waals surface area contributed by atoms with Crippen molar-refractivity contribution in [2.75, 3.05) is 5.75 Å². The van der Waals surface area contributed by atoms with Crippen LogP contribution in [0.3, 0.4) is 0 Å². The average molecular weight is 179 g/mol. The van der Waals surface area contributed by atoms with Crippen molar-refractivity contribution < 1.29 is 0 Å². The zero-order valence-corrected chi connectivity index (χ0v) is 7.58. The number of hydrogen-bond donors (Lipinski definition) is 0. The zero-order valence-electron chi connectivity index (χ0n) is 6.77. The second-order valence-corrected chi connectivity index (χ2v) is 3.58. The molecule has 4 heteroatoms. The maximum Gasteiger partial charge on any atom is 0.195 e. The molecular formula is C8H9N3S. The van der Waals surface area contributed by atoms with E-state index in [-0.39, 0.29) is 0 Å². The van der Waals surface area contributed by atoms with Crippen LogP contribution in [0.25, 0.3) is 5.65 Å². The summed E-state index contributed by atoms with van der Waals surface area (Å²) >= 11 is 1.70. The Balaban J connectivity index is 2.55. The molecule has 2 rings (SSSR count). The predicted octanol–water partition coefficient (Wildman–Crippen LogP) is 1.84. The third kappa shape index (κ3) is 1.18. The Bertz CT molecular complexity index is 382. The van der Waals surface area contributed by atoms with Gasteiger partial charge in [0.2, 0.25) is 0 Å². The van der Waals surface area contributed by atoms with E-state index in [4.69, 9.17) is 0 Å². The lowest BCUT2D eigenvalue weighted by Gasteiger charge is -1.94. The third-order valence-electron chi connectivity index (χ3n) is 1.56. The van der Waals surface area contributed by atoms with E-state index in [9.17, 15) is 0 Å². The lowest BCUT2D eigenvalue weighted by atomic mass is 10.5. The zero-order chi connectivity index (χ0) is 8.39. The van der Waals surface area contributed by atoms with Gasteiger partial charge in [0.25, 0.3) is 0 Å². The molecule has 0 bridgehead atoms. The Kier molecular flexibility index (Phi) is 1.99. The van der Waals surface area contributed by atoms with Gasteiger partial charge in [0, 0.05) is 6.20 Å². The van der Waals surface area contributed by atoms with Gasteiger partial charge >= 0.3 is 0 Å². The molecule has 0 radical (unpaired) electrons. The summed E-state index contributed by atoms with van der Waals surface area (Å²) in [4.78, 5) is 0. The minimum absolute atomic E-state index is 0.911. The first kappa shape index (κ1) is 7.61. The van der Waals surface area contributed by atoms with Crippen LogP contribution in [0.2, 0.25) is 0 Å². The number of hydrogen-bond acceptors (Lipinski definition) is 3. The number of aromatic nitrogens is 3. The quantitative estimate of drug-likeness (QED) is 0.659. The van der Waals surface area contributed by atoms with Gasteiger partial charge in [-0.3, -0.25) is 4.40 Å². The molecule has 0 aromatic carbocycles. The molecule has 0 atom stereocenters. The Hall–Kier alpha value is -1.03. The monoisotopic (exact) mass is 179 g/mol. The minimum atomic E-state index is 0.911. The van der Waals surface area contributed by atoms with Gasteiger partial charge in [-0.05, 0) is 17.9 Å². The molecule has 0 aliphatic rings. The van der Waals surface area contributed by atoms with E-state index in [1.54, 1.807) is 11.8 Å². The van der Waals surface area contributed by atoms with Crippen LogP contribution in [0.5, 0.6) is 0 Å². The average Bonchev–Trinajstić information content (AvgIpc) is 2.50. The predicted molar refractivity (Wildman–Crippen MR) is 49.4 cm³/mol. The molecule has 2 heterocycles. The van der Waals surface area contributed by atoms with Gasteiger partial charge in [-0.25, -0.2) is 0 Å². The van der Waals surface area contributed by atoms with Crippen LogP contribution in [-0.2, 0) is 0 Å². The summed E-state index contributed by atoms with van der Waals surface area (Å²) in [5, 5.41) is 9.06. The summed E-state index contributed by atoms with van der Waals surface area (Å²) in [5.41, 5.74) is 0.911. The summed E-state index contributed by atoms with van der Waals surface area (Å²) in [5.74, 6) is 1.02. The number of thioether (sulfide) groups is 1. The summed E-state index contributed by atoms with van der Waals surface area (Å²) in [6.45, 7) is 2.11. The highest BCUT2D eigenvalue weighted by molar-refractivity contribution is 7.99. The molecule has 0 spiro atoms. The highest BCUT2D eigenvalue weighted by Gasteiger charge is 2.01. The number of pyridine rings is 1. The van der Waals surface area contributed by atoms with Gasteiger partial charge < -0.3 is 0 Å². The standard InChI is InChI=1S/C8H9N3S/c1-2-12-8-10-9-7-5-3-4-6-11(7)8/h3-6H,2H2,1H3. The fourth-order valence-corrected chi connectivity index (χ4v) is 1.70. The van der Waals surface area contributed by atoms with Crippen molar-refractivity contribution in [2.24, 2.45) is 0 Å². The van der Waals surface area contributed by atoms with Crippen molar-refractivity contribution in [2.45, 2.75) is 12.1 Å². The van der Waals surface area contributed by atoms with Crippen LogP contribution < -0.4 is 0 Å². The van der Waals surface area contributed by atoms with Crippen LogP contribution in [0.1, 0.15) is 6.92 Å². The topological polar surface area (TPSA) is 30.2 Å². The second-order valence-electron chi connectivity index (χ2n) is 2.34. The molecule has 0 saturated carbocycles. The number of rotatable bonds is 2. The molecule has 0 aliphatic heterocycles. The fraction of sp³-hybridized carbons (Fsp3) is 0.250. The lowest BCUT2D eigenvalue weighted by molar-refractivity contribution is 0.922. The van der Waals surface area contributed by atoms with Crippen LogP contribution in [0, 0.1) is 0 Å². The molecule has 12 heavy (non-hydrogen) atoms. The molecule has 62 valence electrons. The molecular weight excluding hydrogens is 170 g/mol. The molecule has 0 fully saturated rings. The van der Waals surface area contributed by atoms with E-state index < -0.39 is 0 Å². The third-order valence-corrected chi connectivity index (χ3v) is 2.38. The Morgan fingerprint density at radius 1 is 1.42 bits per heavy atom. The molecule has 2 aromatic heterocycles. The first-order chi connectivity index (χ1) is 5.92. The maximum absolute atomic E-state index is 4.06. The molecule has 0 saturated heterocycles. The smallest absolute Gasteiger partial charge is 0.195 e. The van der Waals surface area contributed by atoms with Gasteiger partial charge in [-0.1, -0.05) is 24.8 Å². The first-order valence-electron chi connectivity index (χ1n) is 3.84. The van der Waals surface area contributed by atoms with E-state index in [2.05, 4.69) is 17.1 Å². The lowest BCUT2D eigenvalue weighted by Crippen LogP contribution is -1.85. The van der Waals surface area contributed by atoms with E-state index in [0.717, 1.165) is 16.6 Å². The SMILES string of the molecule is CCSc1nnc2ccccn12. The van der Waals surface area contributed by atoms with Gasteiger partial charge in [-0.2, -0.15) is 0 Å². The normalized spacial score (nSPS) is 10.8. The van der Waals surface area contributed by atoms with E-state index in [1.807, 2.05) is 28.8 Å². The first-order valence-corrected chi connectivity index (χ1v) is 4.83. The summed E-state index contributed by atoms with van der Waals surface area (Å²) in [7, 11) is 0. The van der Waals surface area contributed by atoms with E-state index in [1.165, 1.54) is 0 Å². The minimum Gasteiger partial charge on any atom is -0.277 e. The molecule has 0 unspecified atom stereocenters. The summed E-state index contributed by atoms with van der Waals surface area (Å²) in [6, 6.07) is 5.90. The van der Waals surface area contributed by atoms with Crippen molar-refractivity contribution in [3.05, 3.63) is 24.4 Å². The van der Waals surface area contributed by atoms with Gasteiger partial charge in [0.15, 0.2) is 10.8 Å². The van der Waals surface area contributed by atoms with Crippen LogP contribution in [-0.4, -0.2) is 20.4 Å². The molecule has 3 nitrogen and oxygen atoms in total. The van der Waals surface area contributed by atoms with E-state index in [0.29, 0.717) is 0 Å². The summed E-state index contributed by atoms with van der Waals surface area (Å²) < 4.78 is 1.99. The second kappa shape index (κ2) is 3.15. The number of fused-ring (bicyclic) bond motifs is 1. The van der Waals surface area contributed by atoms with Crippen molar-refractivity contribution in [3.8, 4) is 0 Å². The molecule has 0 N–H and O–H groups in total. The van der Waals surface area contributed by atoms with Crippen molar-refractivity contribution in [1.29, 1.82) is 0 Å². The van der Waals surface area contributed by atoms with Crippen molar-refractivity contribution in [1.82, 2.24) is 14.6 Å². The molecule has 0 amide bonds. The number of nitrogens with zero attached hydrogens (tertiary/aromatic N) is 3. The molecule has 2 aromatic rings. The van der Waals surface area contributed by atoms with Crippen LogP contribution >= 0.6 is 11.8 Å². The van der Waals surface area contributed by atoms with Gasteiger partial charge in [0.05, 0.1) is 0 Å². The fourth-order valence-electron chi connectivity index (χ4n) is 1.05. The highest BCUT2D eigenvalue weighted by Crippen LogP contribution is 2.15. The van der Waals surface area contributed by atoms with Crippen LogP contribution in [0.4, 0.5) is 0 Å². The molecule has 0 aliphatic carbocycles. The van der Waals surface area contributed by atoms with Gasteiger partial charge in [0.1, 0.15) is 0 Å². The van der Waals surface area contributed by atoms with E-state index >= 15 is 0 Å². The van der Waals surface area contributed by atoms with Crippen LogP contribution in [0.15, 0.2) is 29.6 Å². The largest absolute Gasteiger partial charge is 0.277 e. The Morgan fingerprint density at radius 3 is 3.17 bits per heavy atom. The summed E-state index contributed by atoms with van der Waals surface area (Å²) in [6.07, 6.45) is 1.98. The Morgan fingerprint density at radius 2 is 2.33 bits per heavy atom. The van der Waals surface area contributed by atoms with Crippen molar-refractivity contribution in [3.63, 3.8) is 0 Å².